The molecule has 2 rings (SSSR count). The Balaban J connectivity index is 0.00000103. The summed E-state index contributed by atoms with van der Waals surface area (Å²) in [5, 5.41) is 9.17. The number of hydrogen-bond donors (Lipinski definition) is 1. The van der Waals surface area contributed by atoms with Gasteiger partial charge in [0.1, 0.15) is 0 Å². The first-order chi connectivity index (χ1) is 8.59. The van der Waals surface area contributed by atoms with Gasteiger partial charge in [0.2, 0.25) is 0 Å². The van der Waals surface area contributed by atoms with E-state index >= 15 is 0 Å². The van der Waals surface area contributed by atoms with E-state index < -0.39 is 5.97 Å². The maximum atomic E-state index is 11.1. The van der Waals surface area contributed by atoms with Gasteiger partial charge in [-0.2, -0.15) is 0 Å². The molecule has 0 heterocycles. The number of carbonyl (C=O) groups is 1. The number of hydrogen-bond acceptors (Lipinski definition) is 1. The van der Waals surface area contributed by atoms with Crippen molar-refractivity contribution in [1.82, 2.24) is 0 Å². The minimum Gasteiger partial charge on any atom is -0.481 e. The molecule has 0 amide bonds. The van der Waals surface area contributed by atoms with Crippen LogP contribution in [0.15, 0.2) is 11.6 Å². The first kappa shape index (κ1) is 17.2. The number of carboxylic acid groups (broad SMARTS) is 1. The second-order valence-corrected chi connectivity index (χ2v) is 5.61. The predicted molar refractivity (Wildman–Crippen MR) is 75.5 cm³/mol. The summed E-state index contributed by atoms with van der Waals surface area (Å²) in [7, 11) is 0. The average molecular weight is 519 g/mol. The maximum absolute atomic E-state index is 11.1. The molecule has 1 saturated carbocycles. The van der Waals surface area contributed by atoms with E-state index in [0.29, 0.717) is 11.8 Å². The smallest absolute Gasteiger partial charge is 0.306 e. The van der Waals surface area contributed by atoms with Gasteiger partial charge in [-0.15, -0.1) is 0 Å². The molecule has 3 heteroatoms. The van der Waals surface area contributed by atoms with Crippen molar-refractivity contribution in [3.63, 3.8) is 0 Å². The quantitative estimate of drug-likeness (QED) is 0.546. The van der Waals surface area contributed by atoms with E-state index in [1.807, 2.05) is 20.8 Å². The van der Waals surface area contributed by atoms with Crippen LogP contribution in [0.1, 0.15) is 59.8 Å². The third-order valence-electron chi connectivity index (χ3n) is 4.57. The summed E-state index contributed by atoms with van der Waals surface area (Å²) in [5.41, 5.74) is 1.46. The van der Waals surface area contributed by atoms with Gasteiger partial charge in [-0.05, 0) is 50.4 Å². The summed E-state index contributed by atoms with van der Waals surface area (Å²) >= 11 is 0. The standard InChI is InChI=1S/C14H22O2.C2H6.Rf/c1-9-6-7-11-4-3-5-12(13(11)8-9)10(2)14(15)16;1-2;/h8,10-13H,3-7H2,1-2H3,(H,15,16);1-2H3;/t10?,11-,12?,13+;;/m1../s1. The molecule has 1 N–H and O–H groups in total. The van der Waals surface area contributed by atoms with Gasteiger partial charge in [0, 0.05) is 0 Å². The first-order valence-electron chi connectivity index (χ1n) is 7.49. The van der Waals surface area contributed by atoms with Gasteiger partial charge in [0.15, 0.2) is 0 Å². The molecule has 0 bridgehead atoms. The van der Waals surface area contributed by atoms with E-state index in [9.17, 15) is 4.79 Å². The first-order valence-corrected chi connectivity index (χ1v) is 7.49. The molecule has 19 heavy (non-hydrogen) atoms. The van der Waals surface area contributed by atoms with Crippen LogP contribution in [0, 0.1) is 23.7 Å². The molecule has 0 spiro atoms. The molecule has 2 aliphatic carbocycles. The van der Waals surface area contributed by atoms with Crippen molar-refractivity contribution in [3.05, 3.63) is 11.6 Å². The molecule has 0 aromatic carbocycles. The Kier molecular flexibility index (Phi) is 6.89. The van der Waals surface area contributed by atoms with Crippen molar-refractivity contribution in [2.75, 3.05) is 0 Å². The van der Waals surface area contributed by atoms with Crippen molar-refractivity contribution >= 4 is 5.97 Å². The van der Waals surface area contributed by atoms with Crippen LogP contribution in [0.3, 0.4) is 0 Å². The number of rotatable bonds is 2. The summed E-state index contributed by atoms with van der Waals surface area (Å²) < 4.78 is 0. The van der Waals surface area contributed by atoms with Gasteiger partial charge in [0.25, 0.3) is 0 Å². The van der Waals surface area contributed by atoms with Crippen LogP contribution in [-0.2, 0) is 4.79 Å². The maximum Gasteiger partial charge on any atom is 0.306 e. The number of allylic oxidation sites excluding steroid dienone is 2. The molecule has 0 aliphatic heterocycles. The second kappa shape index (κ2) is 7.60. The Morgan fingerprint density at radius 1 is 1.32 bits per heavy atom. The summed E-state index contributed by atoms with van der Waals surface area (Å²) in [4.78, 5) is 11.1. The zero-order valence-electron chi connectivity index (χ0n) is 13.0. The third-order valence-corrected chi connectivity index (χ3v) is 4.57. The minimum absolute atomic E-state index is 0. The van der Waals surface area contributed by atoms with Gasteiger partial charge in [0.05, 0.1) is 5.92 Å². The molecule has 2 aliphatic rings. The van der Waals surface area contributed by atoms with E-state index in [1.165, 1.54) is 31.3 Å². The average Bonchev–Trinajstić information content (AvgIpc) is 2.39. The van der Waals surface area contributed by atoms with Crippen LogP contribution in [0.25, 0.3) is 0 Å². The van der Waals surface area contributed by atoms with Crippen molar-refractivity contribution in [3.8, 4) is 0 Å². The molecular formula is C16H28O2Rf. The fourth-order valence-corrected chi connectivity index (χ4v) is 3.54. The molecule has 1 fully saturated rings. The van der Waals surface area contributed by atoms with Crippen LogP contribution >= 0.6 is 0 Å². The molecule has 0 aromatic rings. The molecule has 0 aromatic heterocycles. The fourth-order valence-electron chi connectivity index (χ4n) is 3.54. The summed E-state index contributed by atoms with van der Waals surface area (Å²) in [6.45, 7) is 8.07. The van der Waals surface area contributed by atoms with Gasteiger partial charge < -0.3 is 5.11 Å². The molecule has 106 valence electrons. The second-order valence-electron chi connectivity index (χ2n) is 5.61. The van der Waals surface area contributed by atoms with Gasteiger partial charge in [-0.25, -0.2) is 0 Å². The Morgan fingerprint density at radius 2 is 1.95 bits per heavy atom. The minimum atomic E-state index is -0.623. The van der Waals surface area contributed by atoms with E-state index in [1.54, 1.807) is 0 Å². The molecular weight excluding hydrogens is 491 g/mol. The van der Waals surface area contributed by atoms with Crippen molar-refractivity contribution in [2.45, 2.75) is 59.8 Å². The zero-order chi connectivity index (χ0) is 13.7. The third kappa shape index (κ3) is 3.84. The number of carboxylic acids is 1. The fraction of sp³-hybridized carbons (Fsp3) is 0.812. The monoisotopic (exact) mass is 519 g/mol. The summed E-state index contributed by atoms with van der Waals surface area (Å²) in [6.07, 6.45) is 8.48. The van der Waals surface area contributed by atoms with Gasteiger partial charge in [-0.3, -0.25) is 4.79 Å². The van der Waals surface area contributed by atoms with E-state index in [-0.39, 0.29) is 5.92 Å². The summed E-state index contributed by atoms with van der Waals surface area (Å²) in [6, 6.07) is 0. The molecule has 0 saturated heterocycles. The predicted octanol–water partition coefficient (Wildman–Crippen LogP) is 4.51. The van der Waals surface area contributed by atoms with Crippen LogP contribution in [0.4, 0.5) is 0 Å². The van der Waals surface area contributed by atoms with Gasteiger partial charge >= 0.3 is 5.97 Å². The Hall–Kier alpha value is -1.79. The normalized spacial score (nSPS) is 30.7. The number of aliphatic carboxylic acids is 1. The van der Waals surface area contributed by atoms with E-state index in [2.05, 4.69) is 13.0 Å². The van der Waals surface area contributed by atoms with Crippen LogP contribution in [-0.4, -0.2) is 11.1 Å². The molecule has 2 nitrogen and oxygen atoms in total. The number of fused-ring (bicyclic) bond motifs is 1. The van der Waals surface area contributed by atoms with Crippen LogP contribution < -0.4 is 0 Å². The Labute approximate surface area is 111 Å². The largest absolute Gasteiger partial charge is 0.481 e. The SMILES string of the molecule is CC.CC1=C[C@@H]2C(C(C)C(=O)O)CCC[C@@H]2CC1.[Rf]. The Morgan fingerprint density at radius 3 is 2.53 bits per heavy atom. The molecule has 2 unspecified atom stereocenters. The van der Waals surface area contributed by atoms with E-state index in [4.69, 9.17) is 5.11 Å². The Bertz CT molecular complexity index is 312. The molecule has 0 radical (unpaired) electrons. The van der Waals surface area contributed by atoms with Crippen molar-refractivity contribution in [2.24, 2.45) is 23.7 Å². The zero-order valence-corrected chi connectivity index (χ0v) is 19.4. The van der Waals surface area contributed by atoms with Crippen LogP contribution in [0.2, 0.25) is 0 Å². The van der Waals surface area contributed by atoms with Crippen molar-refractivity contribution in [1.29, 1.82) is 0 Å². The topological polar surface area (TPSA) is 37.3 Å². The van der Waals surface area contributed by atoms with Gasteiger partial charge in [-0.1, -0.05) is 38.8 Å². The van der Waals surface area contributed by atoms with E-state index in [0.717, 1.165) is 12.3 Å². The summed E-state index contributed by atoms with van der Waals surface area (Å²) in [5.74, 6) is 0.849. The van der Waals surface area contributed by atoms with Crippen LogP contribution in [0.5, 0.6) is 0 Å². The molecule has 4 atom stereocenters. The van der Waals surface area contributed by atoms with Crippen molar-refractivity contribution < 1.29 is 9.90 Å².